The monoisotopic (exact) mass is 251 g/mol. The number of pyridine rings is 1. The number of carbonyl (C=O) groups excluding carboxylic acids is 1. The van der Waals surface area contributed by atoms with Crippen LogP contribution < -0.4 is 10.1 Å². The summed E-state index contributed by atoms with van der Waals surface area (Å²) in [7, 11) is 0. The third-order valence-corrected chi connectivity index (χ3v) is 1.92. The molecule has 0 radical (unpaired) electrons. The molecule has 0 saturated heterocycles. The van der Waals surface area contributed by atoms with E-state index in [0.29, 0.717) is 6.61 Å². The molecule has 7 nitrogen and oxygen atoms in total. The normalized spacial score (nSPS) is 10.1. The summed E-state index contributed by atoms with van der Waals surface area (Å²) in [5.74, 6) is -1.21. The van der Waals surface area contributed by atoms with Crippen LogP contribution in [0.25, 0.3) is 0 Å². The number of carbonyl (C=O) groups is 1. The fourth-order valence-corrected chi connectivity index (χ4v) is 1.20. The molecule has 2 aromatic rings. The number of halogens is 1. The highest BCUT2D eigenvalue weighted by Crippen LogP contribution is 2.07. The molecule has 2 rings (SSSR count). The van der Waals surface area contributed by atoms with Crippen molar-refractivity contribution in [1.29, 1.82) is 0 Å². The highest BCUT2D eigenvalue weighted by atomic mass is 19.1. The fourth-order valence-electron chi connectivity index (χ4n) is 1.20. The van der Waals surface area contributed by atoms with Crippen molar-refractivity contribution < 1.29 is 13.9 Å². The van der Waals surface area contributed by atoms with Crippen molar-refractivity contribution in [1.82, 2.24) is 20.2 Å². The number of ether oxygens (including phenoxy) is 1. The van der Waals surface area contributed by atoms with Gasteiger partial charge in [-0.25, -0.2) is 10.1 Å². The summed E-state index contributed by atoms with van der Waals surface area (Å²) in [4.78, 5) is 19.0. The van der Waals surface area contributed by atoms with Crippen molar-refractivity contribution >= 4 is 11.9 Å². The molecule has 0 unspecified atom stereocenters. The van der Waals surface area contributed by atoms with E-state index in [1.165, 1.54) is 12.1 Å². The topological polar surface area (TPSA) is 92.8 Å². The molecule has 0 aliphatic rings. The van der Waals surface area contributed by atoms with E-state index in [1.54, 1.807) is 6.92 Å². The van der Waals surface area contributed by atoms with Gasteiger partial charge in [0, 0.05) is 0 Å². The van der Waals surface area contributed by atoms with Gasteiger partial charge in [-0.15, -0.1) is 5.10 Å². The lowest BCUT2D eigenvalue weighted by atomic mass is 10.3. The Balaban J connectivity index is 2.06. The SMILES string of the molecule is CCOc1n[nH]c(NC(=O)c2cccc(F)n2)n1. The zero-order chi connectivity index (χ0) is 13.0. The van der Waals surface area contributed by atoms with E-state index in [1.807, 2.05) is 0 Å². The van der Waals surface area contributed by atoms with Crippen molar-refractivity contribution in [2.24, 2.45) is 0 Å². The van der Waals surface area contributed by atoms with E-state index in [4.69, 9.17) is 4.74 Å². The standard InChI is InChI=1S/C10H10FN5O2/c1-2-18-10-14-9(15-16-10)13-8(17)6-4-3-5-7(11)12-6/h3-5H,2H2,1H3,(H2,13,14,15,16,17). The molecule has 0 saturated carbocycles. The van der Waals surface area contributed by atoms with Gasteiger partial charge in [0.2, 0.25) is 11.9 Å². The molecule has 18 heavy (non-hydrogen) atoms. The number of rotatable bonds is 4. The Kier molecular flexibility index (Phi) is 3.46. The highest BCUT2D eigenvalue weighted by Gasteiger charge is 2.11. The van der Waals surface area contributed by atoms with Crippen LogP contribution in [0, 0.1) is 5.95 Å². The van der Waals surface area contributed by atoms with E-state index in [0.717, 1.165) is 6.07 Å². The zero-order valence-electron chi connectivity index (χ0n) is 9.48. The molecule has 2 heterocycles. The smallest absolute Gasteiger partial charge is 0.337 e. The number of hydrogen-bond donors (Lipinski definition) is 2. The van der Waals surface area contributed by atoms with Crippen LogP contribution in [0.5, 0.6) is 6.01 Å². The molecule has 8 heteroatoms. The average Bonchev–Trinajstić information content (AvgIpc) is 2.77. The van der Waals surface area contributed by atoms with Gasteiger partial charge >= 0.3 is 6.01 Å². The lowest BCUT2D eigenvalue weighted by Gasteiger charge is -1.99. The van der Waals surface area contributed by atoms with Crippen LogP contribution >= 0.6 is 0 Å². The van der Waals surface area contributed by atoms with Crippen LogP contribution in [0.3, 0.4) is 0 Å². The maximum absolute atomic E-state index is 12.8. The third-order valence-electron chi connectivity index (χ3n) is 1.92. The summed E-state index contributed by atoms with van der Waals surface area (Å²) in [5.41, 5.74) is -0.0515. The van der Waals surface area contributed by atoms with E-state index < -0.39 is 11.9 Å². The van der Waals surface area contributed by atoms with Crippen molar-refractivity contribution in [2.75, 3.05) is 11.9 Å². The van der Waals surface area contributed by atoms with Gasteiger partial charge in [0.05, 0.1) is 6.61 Å². The molecule has 94 valence electrons. The summed E-state index contributed by atoms with van der Waals surface area (Å²) in [5, 5.41) is 8.56. The second kappa shape index (κ2) is 5.21. The van der Waals surface area contributed by atoms with Gasteiger partial charge in [-0.1, -0.05) is 6.07 Å². The summed E-state index contributed by atoms with van der Waals surface area (Å²) < 4.78 is 17.8. The van der Waals surface area contributed by atoms with Gasteiger partial charge in [0.25, 0.3) is 5.91 Å². The Morgan fingerprint density at radius 3 is 3.06 bits per heavy atom. The lowest BCUT2D eigenvalue weighted by molar-refractivity contribution is 0.102. The van der Waals surface area contributed by atoms with Crippen LogP contribution in [0.2, 0.25) is 0 Å². The Morgan fingerprint density at radius 2 is 2.33 bits per heavy atom. The number of aromatic amines is 1. The number of amides is 1. The van der Waals surface area contributed by atoms with Gasteiger partial charge in [-0.2, -0.15) is 9.37 Å². The first-order valence-corrected chi connectivity index (χ1v) is 5.18. The van der Waals surface area contributed by atoms with Crippen LogP contribution in [0.15, 0.2) is 18.2 Å². The molecule has 0 aliphatic carbocycles. The lowest BCUT2D eigenvalue weighted by Crippen LogP contribution is -2.15. The van der Waals surface area contributed by atoms with Gasteiger partial charge in [0.1, 0.15) is 5.69 Å². The van der Waals surface area contributed by atoms with Crippen LogP contribution in [0.4, 0.5) is 10.3 Å². The zero-order valence-corrected chi connectivity index (χ0v) is 9.48. The van der Waals surface area contributed by atoms with Crippen molar-refractivity contribution in [3.63, 3.8) is 0 Å². The van der Waals surface area contributed by atoms with Gasteiger partial charge in [-0.3, -0.25) is 10.1 Å². The molecule has 0 bridgehead atoms. The van der Waals surface area contributed by atoms with Gasteiger partial charge < -0.3 is 4.74 Å². The first-order chi connectivity index (χ1) is 8.69. The molecule has 2 N–H and O–H groups in total. The number of H-pyrrole nitrogens is 1. The molecule has 2 aromatic heterocycles. The van der Waals surface area contributed by atoms with Gasteiger partial charge in [0.15, 0.2) is 0 Å². The Bertz CT molecular complexity index is 557. The number of aromatic nitrogens is 4. The van der Waals surface area contributed by atoms with E-state index in [9.17, 15) is 9.18 Å². The maximum atomic E-state index is 12.8. The molecule has 0 atom stereocenters. The van der Waals surface area contributed by atoms with Crippen molar-refractivity contribution in [2.45, 2.75) is 6.92 Å². The average molecular weight is 251 g/mol. The van der Waals surface area contributed by atoms with Crippen molar-refractivity contribution in [3.8, 4) is 6.01 Å². The number of anilines is 1. The summed E-state index contributed by atoms with van der Waals surface area (Å²) in [6, 6.07) is 4.06. The number of nitrogens with one attached hydrogen (secondary N) is 2. The highest BCUT2D eigenvalue weighted by molar-refractivity contribution is 6.01. The Morgan fingerprint density at radius 1 is 1.50 bits per heavy atom. The minimum Gasteiger partial charge on any atom is -0.463 e. The first-order valence-electron chi connectivity index (χ1n) is 5.18. The predicted molar refractivity (Wildman–Crippen MR) is 59.7 cm³/mol. The number of hydrogen-bond acceptors (Lipinski definition) is 5. The number of nitrogens with zero attached hydrogens (tertiary/aromatic N) is 3. The minimum absolute atomic E-state index is 0.0515. The second-order valence-corrected chi connectivity index (χ2v) is 3.20. The summed E-state index contributed by atoms with van der Waals surface area (Å²) in [6.45, 7) is 2.20. The van der Waals surface area contributed by atoms with Crippen molar-refractivity contribution in [3.05, 3.63) is 29.8 Å². The predicted octanol–water partition coefficient (Wildman–Crippen LogP) is 0.990. The minimum atomic E-state index is -0.727. The van der Waals surface area contributed by atoms with E-state index in [2.05, 4.69) is 25.5 Å². The second-order valence-electron chi connectivity index (χ2n) is 3.20. The summed E-state index contributed by atoms with van der Waals surface area (Å²) in [6.07, 6.45) is 0. The van der Waals surface area contributed by atoms with Crippen LogP contribution in [-0.4, -0.2) is 32.7 Å². The Hall–Kier alpha value is -2.51. The van der Waals surface area contributed by atoms with Gasteiger partial charge in [-0.05, 0) is 19.1 Å². The van der Waals surface area contributed by atoms with E-state index in [-0.39, 0.29) is 17.7 Å². The summed E-state index contributed by atoms with van der Waals surface area (Å²) >= 11 is 0. The quantitative estimate of drug-likeness (QED) is 0.790. The largest absolute Gasteiger partial charge is 0.463 e. The van der Waals surface area contributed by atoms with Crippen LogP contribution in [0.1, 0.15) is 17.4 Å². The third kappa shape index (κ3) is 2.78. The van der Waals surface area contributed by atoms with Crippen LogP contribution in [-0.2, 0) is 0 Å². The molecule has 0 fully saturated rings. The Labute approximate surface area is 101 Å². The molecular formula is C10H10FN5O2. The molecular weight excluding hydrogens is 241 g/mol. The first kappa shape index (κ1) is 12.0. The fraction of sp³-hybridized carbons (Fsp3) is 0.200. The molecule has 0 aliphatic heterocycles. The maximum Gasteiger partial charge on any atom is 0.337 e. The molecule has 1 amide bonds. The molecule has 0 spiro atoms. The molecule has 0 aromatic carbocycles. The van der Waals surface area contributed by atoms with E-state index >= 15 is 0 Å².